The number of rotatable bonds is 6. The number of nitrogens with two attached hydrogens (primary N) is 1. The fourth-order valence-electron chi connectivity index (χ4n) is 3.58. The Kier molecular flexibility index (Phi) is 7.82. The van der Waals surface area contributed by atoms with E-state index in [9.17, 15) is 0 Å². The Balaban J connectivity index is 0.00000208. The molecule has 1 aromatic carbocycles. The van der Waals surface area contributed by atoms with Gasteiger partial charge >= 0.3 is 0 Å². The van der Waals surface area contributed by atoms with Crippen molar-refractivity contribution < 1.29 is 9.47 Å². The molecule has 2 N–H and O–H groups in total. The molecular weight excluding hydrogens is 324 g/mol. The third-order valence-corrected chi connectivity index (χ3v) is 5.07. The first kappa shape index (κ1) is 19.5. The molecule has 1 aromatic rings. The monoisotopic (exact) mass is 354 g/mol. The van der Waals surface area contributed by atoms with E-state index in [0.29, 0.717) is 18.6 Å². The predicted molar refractivity (Wildman–Crippen MR) is 99.8 cm³/mol. The fraction of sp³-hybridized carbons (Fsp3) is 0.684. The van der Waals surface area contributed by atoms with Crippen LogP contribution in [-0.2, 0) is 11.3 Å². The molecular formula is C19H31ClN2O2. The van der Waals surface area contributed by atoms with Gasteiger partial charge in [0.2, 0.25) is 0 Å². The van der Waals surface area contributed by atoms with E-state index in [0.717, 1.165) is 38.3 Å². The summed E-state index contributed by atoms with van der Waals surface area (Å²) in [5.41, 5.74) is 7.42. The quantitative estimate of drug-likeness (QED) is 0.852. The molecule has 2 heterocycles. The summed E-state index contributed by atoms with van der Waals surface area (Å²) < 4.78 is 11.4. The Morgan fingerprint density at radius 1 is 1.25 bits per heavy atom. The lowest BCUT2D eigenvalue weighted by Crippen LogP contribution is -2.41. The number of hydrogen-bond donors (Lipinski definition) is 1. The second kappa shape index (κ2) is 9.62. The van der Waals surface area contributed by atoms with E-state index in [1.54, 1.807) is 0 Å². The first-order valence-corrected chi connectivity index (χ1v) is 9.02. The second-order valence-corrected chi connectivity index (χ2v) is 7.09. The zero-order valence-electron chi connectivity index (χ0n) is 14.7. The summed E-state index contributed by atoms with van der Waals surface area (Å²) in [4.78, 5) is 2.53. The van der Waals surface area contributed by atoms with Crippen molar-refractivity contribution in [3.05, 3.63) is 29.8 Å². The van der Waals surface area contributed by atoms with E-state index < -0.39 is 0 Å². The summed E-state index contributed by atoms with van der Waals surface area (Å²) in [5.74, 6) is 1.58. The molecule has 136 valence electrons. The van der Waals surface area contributed by atoms with E-state index in [2.05, 4.69) is 36.1 Å². The molecule has 4 nitrogen and oxygen atoms in total. The maximum absolute atomic E-state index is 6.07. The summed E-state index contributed by atoms with van der Waals surface area (Å²) in [6.07, 6.45) is 5.08. The van der Waals surface area contributed by atoms with Gasteiger partial charge in [-0.2, -0.15) is 0 Å². The number of nitrogens with zero attached hydrogens (tertiary/aromatic N) is 1. The topological polar surface area (TPSA) is 47.7 Å². The Morgan fingerprint density at radius 3 is 2.71 bits per heavy atom. The normalized spacial score (nSPS) is 25.9. The summed E-state index contributed by atoms with van der Waals surface area (Å²) >= 11 is 0. The van der Waals surface area contributed by atoms with Crippen LogP contribution >= 0.6 is 12.4 Å². The van der Waals surface area contributed by atoms with Crippen LogP contribution in [0.1, 0.15) is 38.2 Å². The van der Waals surface area contributed by atoms with Crippen molar-refractivity contribution >= 4 is 12.4 Å². The van der Waals surface area contributed by atoms with Gasteiger partial charge in [-0.05, 0) is 62.8 Å². The van der Waals surface area contributed by atoms with E-state index in [1.165, 1.54) is 24.9 Å². The molecule has 0 bridgehead atoms. The lowest BCUT2D eigenvalue weighted by molar-refractivity contribution is 0.0679. The summed E-state index contributed by atoms with van der Waals surface area (Å²) in [7, 11) is 0. The average molecular weight is 355 g/mol. The molecule has 0 amide bonds. The summed E-state index contributed by atoms with van der Waals surface area (Å²) in [6.45, 7) is 6.99. The van der Waals surface area contributed by atoms with Gasteiger partial charge in [-0.1, -0.05) is 12.1 Å². The van der Waals surface area contributed by atoms with Crippen molar-refractivity contribution in [1.82, 2.24) is 4.90 Å². The zero-order chi connectivity index (χ0) is 16.1. The first-order valence-electron chi connectivity index (χ1n) is 9.02. The minimum atomic E-state index is 0. The number of hydrogen-bond acceptors (Lipinski definition) is 4. The molecule has 3 atom stereocenters. The van der Waals surface area contributed by atoms with Crippen LogP contribution in [0.25, 0.3) is 0 Å². The molecule has 3 unspecified atom stereocenters. The van der Waals surface area contributed by atoms with Crippen LogP contribution in [0.4, 0.5) is 0 Å². The highest BCUT2D eigenvalue weighted by Gasteiger charge is 2.22. The number of ether oxygens (including phenoxy) is 2. The molecule has 0 aromatic heterocycles. The van der Waals surface area contributed by atoms with E-state index in [1.807, 2.05) is 0 Å². The van der Waals surface area contributed by atoms with Crippen LogP contribution in [0.2, 0.25) is 0 Å². The standard InChI is InChI=1S/C19H30N2O2.ClH/c1-15(20)17-4-2-10-21(13-17)12-16-6-8-18(9-7-16)23-14-19-5-3-11-22-19;/h6-9,15,17,19H,2-5,10-14,20H2,1H3;1H. The first-order chi connectivity index (χ1) is 11.2. The molecule has 5 heteroatoms. The predicted octanol–water partition coefficient (Wildman–Crippen LogP) is 3.23. The molecule has 2 saturated heterocycles. The van der Waals surface area contributed by atoms with Crippen molar-refractivity contribution in [2.75, 3.05) is 26.3 Å². The fourth-order valence-corrected chi connectivity index (χ4v) is 3.58. The molecule has 2 aliphatic rings. The Bertz CT molecular complexity index is 475. The Morgan fingerprint density at radius 2 is 2.04 bits per heavy atom. The number of halogens is 1. The van der Waals surface area contributed by atoms with Gasteiger partial charge in [0.05, 0.1) is 6.10 Å². The van der Waals surface area contributed by atoms with Gasteiger partial charge in [-0.25, -0.2) is 0 Å². The maximum atomic E-state index is 6.07. The Hall–Kier alpha value is -0.810. The van der Waals surface area contributed by atoms with Crippen molar-refractivity contribution in [2.45, 2.75) is 51.3 Å². The van der Waals surface area contributed by atoms with Gasteiger partial charge < -0.3 is 15.2 Å². The lowest BCUT2D eigenvalue weighted by Gasteiger charge is -2.34. The van der Waals surface area contributed by atoms with Gasteiger partial charge in [-0.3, -0.25) is 4.90 Å². The van der Waals surface area contributed by atoms with Gasteiger partial charge in [0.25, 0.3) is 0 Å². The Labute approximate surface area is 152 Å². The van der Waals surface area contributed by atoms with Gasteiger partial charge in [0.15, 0.2) is 0 Å². The van der Waals surface area contributed by atoms with Gasteiger partial charge in [0, 0.05) is 25.7 Å². The molecule has 0 aliphatic carbocycles. The van der Waals surface area contributed by atoms with E-state index in [-0.39, 0.29) is 18.5 Å². The minimum Gasteiger partial charge on any atom is -0.491 e. The number of likely N-dealkylation sites (tertiary alicyclic amines) is 1. The highest BCUT2D eigenvalue weighted by molar-refractivity contribution is 5.85. The summed E-state index contributed by atoms with van der Waals surface area (Å²) in [5, 5.41) is 0. The largest absolute Gasteiger partial charge is 0.491 e. The van der Waals surface area contributed by atoms with Gasteiger partial charge in [-0.15, -0.1) is 12.4 Å². The second-order valence-electron chi connectivity index (χ2n) is 7.09. The molecule has 2 aliphatic heterocycles. The van der Waals surface area contributed by atoms with Crippen LogP contribution in [0.5, 0.6) is 5.75 Å². The maximum Gasteiger partial charge on any atom is 0.119 e. The van der Waals surface area contributed by atoms with Crippen LogP contribution in [0.15, 0.2) is 24.3 Å². The average Bonchev–Trinajstić information content (AvgIpc) is 3.08. The molecule has 3 rings (SSSR count). The smallest absolute Gasteiger partial charge is 0.119 e. The summed E-state index contributed by atoms with van der Waals surface area (Å²) in [6, 6.07) is 8.82. The lowest BCUT2D eigenvalue weighted by atomic mass is 9.92. The van der Waals surface area contributed by atoms with E-state index >= 15 is 0 Å². The van der Waals surface area contributed by atoms with Crippen molar-refractivity contribution in [1.29, 1.82) is 0 Å². The van der Waals surface area contributed by atoms with Crippen LogP contribution < -0.4 is 10.5 Å². The third-order valence-electron chi connectivity index (χ3n) is 5.07. The van der Waals surface area contributed by atoms with Crippen molar-refractivity contribution in [2.24, 2.45) is 11.7 Å². The van der Waals surface area contributed by atoms with Crippen LogP contribution in [0.3, 0.4) is 0 Å². The minimum absolute atomic E-state index is 0. The highest BCUT2D eigenvalue weighted by Crippen LogP contribution is 2.22. The van der Waals surface area contributed by atoms with Gasteiger partial charge in [0.1, 0.15) is 12.4 Å². The number of piperidine rings is 1. The molecule has 2 fully saturated rings. The van der Waals surface area contributed by atoms with Crippen LogP contribution in [0, 0.1) is 5.92 Å². The van der Waals surface area contributed by atoms with Crippen molar-refractivity contribution in [3.63, 3.8) is 0 Å². The highest BCUT2D eigenvalue weighted by atomic mass is 35.5. The molecule has 0 spiro atoms. The molecule has 0 radical (unpaired) electrons. The SMILES string of the molecule is CC(N)C1CCCN(Cc2ccc(OCC3CCCO3)cc2)C1.Cl. The zero-order valence-corrected chi connectivity index (χ0v) is 15.5. The third kappa shape index (κ3) is 5.62. The molecule has 0 saturated carbocycles. The number of benzene rings is 1. The van der Waals surface area contributed by atoms with E-state index in [4.69, 9.17) is 15.2 Å². The van der Waals surface area contributed by atoms with Crippen LogP contribution in [-0.4, -0.2) is 43.3 Å². The molecule has 24 heavy (non-hydrogen) atoms. The van der Waals surface area contributed by atoms with Crippen molar-refractivity contribution in [3.8, 4) is 5.75 Å².